The van der Waals surface area contributed by atoms with E-state index in [2.05, 4.69) is 5.10 Å². The minimum Gasteiger partial charge on any atom is -0.268 e. The van der Waals surface area contributed by atoms with Gasteiger partial charge in [0.05, 0.1) is 17.2 Å². The van der Waals surface area contributed by atoms with E-state index >= 15 is 0 Å². The molecule has 0 fully saturated rings. The number of benzene rings is 2. The van der Waals surface area contributed by atoms with E-state index in [0.29, 0.717) is 12.1 Å². The molecule has 0 aliphatic heterocycles. The minimum absolute atomic E-state index is 0.146. The first-order chi connectivity index (χ1) is 10.6. The van der Waals surface area contributed by atoms with Gasteiger partial charge < -0.3 is 0 Å². The molecule has 0 aliphatic carbocycles. The SMILES string of the molecule is Cc1c(Cn2ccc(-c3ccccc3)n2)cccc1[N+](=O)[O-]. The van der Waals surface area contributed by atoms with E-state index in [0.717, 1.165) is 16.8 Å². The standard InChI is InChI=1S/C17H15N3O2/c1-13-15(8-5-9-17(13)20(21)22)12-19-11-10-16(18-19)14-6-3-2-4-7-14/h2-11H,12H2,1H3. The molecule has 1 aromatic heterocycles. The second kappa shape index (κ2) is 5.81. The van der Waals surface area contributed by atoms with Crippen molar-refractivity contribution < 1.29 is 4.92 Å². The molecule has 0 spiro atoms. The number of nitro benzene ring substituents is 1. The fourth-order valence-electron chi connectivity index (χ4n) is 2.43. The average Bonchev–Trinajstić information content (AvgIpc) is 2.98. The first-order valence-corrected chi connectivity index (χ1v) is 6.97. The zero-order valence-corrected chi connectivity index (χ0v) is 12.1. The molecule has 110 valence electrons. The van der Waals surface area contributed by atoms with Crippen LogP contribution >= 0.6 is 0 Å². The second-order valence-electron chi connectivity index (χ2n) is 5.08. The molecule has 0 unspecified atom stereocenters. The Balaban J connectivity index is 1.87. The first kappa shape index (κ1) is 14.0. The van der Waals surface area contributed by atoms with Crippen molar-refractivity contribution in [3.05, 3.63) is 82.0 Å². The highest BCUT2D eigenvalue weighted by Gasteiger charge is 2.13. The lowest BCUT2D eigenvalue weighted by Crippen LogP contribution is -2.04. The molecule has 2 aromatic carbocycles. The summed E-state index contributed by atoms with van der Waals surface area (Å²) in [6.07, 6.45) is 1.89. The molecular weight excluding hydrogens is 278 g/mol. The van der Waals surface area contributed by atoms with Crippen LogP contribution in [0.2, 0.25) is 0 Å². The summed E-state index contributed by atoms with van der Waals surface area (Å²) in [6, 6.07) is 17.0. The van der Waals surface area contributed by atoms with E-state index in [9.17, 15) is 10.1 Å². The Morgan fingerprint density at radius 3 is 2.59 bits per heavy atom. The minimum atomic E-state index is -0.350. The maximum absolute atomic E-state index is 11.0. The lowest BCUT2D eigenvalue weighted by atomic mass is 10.1. The van der Waals surface area contributed by atoms with E-state index in [4.69, 9.17) is 0 Å². The van der Waals surface area contributed by atoms with Gasteiger partial charge in [0.15, 0.2) is 0 Å². The molecule has 0 atom stereocenters. The van der Waals surface area contributed by atoms with Crippen LogP contribution in [0.4, 0.5) is 5.69 Å². The Labute approximate surface area is 128 Å². The molecule has 22 heavy (non-hydrogen) atoms. The van der Waals surface area contributed by atoms with Crippen LogP contribution in [0.3, 0.4) is 0 Å². The molecule has 0 amide bonds. The van der Waals surface area contributed by atoms with Gasteiger partial charge in [-0.1, -0.05) is 42.5 Å². The summed E-state index contributed by atoms with van der Waals surface area (Å²) in [7, 11) is 0. The van der Waals surface area contributed by atoms with Gasteiger partial charge in [-0.15, -0.1) is 0 Å². The van der Waals surface area contributed by atoms with E-state index in [1.54, 1.807) is 17.7 Å². The molecule has 0 aliphatic rings. The summed E-state index contributed by atoms with van der Waals surface area (Å²) in [5.74, 6) is 0. The molecule has 0 N–H and O–H groups in total. The third kappa shape index (κ3) is 2.74. The fourth-order valence-corrected chi connectivity index (χ4v) is 2.43. The van der Waals surface area contributed by atoms with E-state index in [-0.39, 0.29) is 10.6 Å². The third-order valence-electron chi connectivity index (χ3n) is 3.66. The topological polar surface area (TPSA) is 61.0 Å². The van der Waals surface area contributed by atoms with Gasteiger partial charge in [-0.05, 0) is 18.6 Å². The number of nitrogens with zero attached hydrogens (tertiary/aromatic N) is 3. The van der Waals surface area contributed by atoms with Gasteiger partial charge in [-0.3, -0.25) is 14.8 Å². The van der Waals surface area contributed by atoms with Crippen LogP contribution in [0.5, 0.6) is 0 Å². The highest BCUT2D eigenvalue weighted by atomic mass is 16.6. The van der Waals surface area contributed by atoms with Crippen LogP contribution in [-0.2, 0) is 6.54 Å². The van der Waals surface area contributed by atoms with Crippen molar-refractivity contribution in [1.29, 1.82) is 0 Å². The largest absolute Gasteiger partial charge is 0.272 e. The smallest absolute Gasteiger partial charge is 0.268 e. The van der Waals surface area contributed by atoms with Gasteiger partial charge in [0.25, 0.3) is 5.69 Å². The summed E-state index contributed by atoms with van der Waals surface area (Å²) in [6.45, 7) is 2.29. The van der Waals surface area contributed by atoms with Gasteiger partial charge in [0, 0.05) is 23.4 Å². The van der Waals surface area contributed by atoms with Crippen molar-refractivity contribution in [3.63, 3.8) is 0 Å². The lowest BCUT2D eigenvalue weighted by Gasteiger charge is -2.06. The van der Waals surface area contributed by atoms with Gasteiger partial charge in [-0.25, -0.2) is 0 Å². The number of hydrogen-bond acceptors (Lipinski definition) is 3. The van der Waals surface area contributed by atoms with Crippen LogP contribution in [-0.4, -0.2) is 14.7 Å². The second-order valence-corrected chi connectivity index (χ2v) is 5.08. The van der Waals surface area contributed by atoms with Gasteiger partial charge in [0.1, 0.15) is 0 Å². The Bertz CT molecular complexity index is 810. The van der Waals surface area contributed by atoms with E-state index in [1.807, 2.05) is 48.7 Å². The molecule has 1 heterocycles. The Morgan fingerprint density at radius 1 is 1.09 bits per heavy atom. The summed E-state index contributed by atoms with van der Waals surface area (Å²) in [5.41, 5.74) is 3.68. The number of nitro groups is 1. The number of hydrogen-bond donors (Lipinski definition) is 0. The third-order valence-corrected chi connectivity index (χ3v) is 3.66. The fraction of sp³-hybridized carbons (Fsp3) is 0.118. The summed E-state index contributed by atoms with van der Waals surface area (Å²) < 4.78 is 1.80. The van der Waals surface area contributed by atoms with Crippen LogP contribution in [0, 0.1) is 17.0 Å². The normalized spacial score (nSPS) is 10.6. The Hall–Kier alpha value is -2.95. The monoisotopic (exact) mass is 293 g/mol. The molecule has 3 aromatic rings. The van der Waals surface area contributed by atoms with Crippen LogP contribution in [0.25, 0.3) is 11.3 Å². The highest BCUT2D eigenvalue weighted by Crippen LogP contribution is 2.22. The predicted octanol–water partition coefficient (Wildman–Crippen LogP) is 3.82. The molecule has 5 nitrogen and oxygen atoms in total. The van der Waals surface area contributed by atoms with Crippen molar-refractivity contribution >= 4 is 5.69 Å². The highest BCUT2D eigenvalue weighted by molar-refractivity contribution is 5.58. The van der Waals surface area contributed by atoms with Crippen molar-refractivity contribution in [2.24, 2.45) is 0 Å². The lowest BCUT2D eigenvalue weighted by molar-refractivity contribution is -0.385. The zero-order valence-electron chi connectivity index (χ0n) is 12.1. The van der Waals surface area contributed by atoms with Crippen LogP contribution in [0.1, 0.15) is 11.1 Å². The number of rotatable bonds is 4. The van der Waals surface area contributed by atoms with E-state index < -0.39 is 0 Å². The summed E-state index contributed by atoms with van der Waals surface area (Å²) in [4.78, 5) is 10.6. The van der Waals surface area contributed by atoms with Crippen molar-refractivity contribution in [2.45, 2.75) is 13.5 Å². The maximum atomic E-state index is 11.0. The molecule has 0 saturated carbocycles. The quantitative estimate of drug-likeness (QED) is 0.542. The zero-order chi connectivity index (χ0) is 15.5. The van der Waals surface area contributed by atoms with Crippen LogP contribution in [0.15, 0.2) is 60.8 Å². The van der Waals surface area contributed by atoms with Gasteiger partial charge in [0.2, 0.25) is 0 Å². The Kier molecular flexibility index (Phi) is 3.70. The summed E-state index contributed by atoms with van der Waals surface area (Å²) in [5, 5.41) is 15.5. The molecule has 0 radical (unpaired) electrons. The molecule has 0 bridgehead atoms. The number of aromatic nitrogens is 2. The van der Waals surface area contributed by atoms with Crippen molar-refractivity contribution in [3.8, 4) is 11.3 Å². The predicted molar refractivity (Wildman–Crippen MR) is 84.6 cm³/mol. The first-order valence-electron chi connectivity index (χ1n) is 6.97. The molecule has 0 saturated heterocycles. The Morgan fingerprint density at radius 2 is 1.86 bits per heavy atom. The van der Waals surface area contributed by atoms with Gasteiger partial charge >= 0.3 is 0 Å². The van der Waals surface area contributed by atoms with Crippen LogP contribution < -0.4 is 0 Å². The average molecular weight is 293 g/mol. The van der Waals surface area contributed by atoms with Crippen molar-refractivity contribution in [2.75, 3.05) is 0 Å². The molecule has 3 rings (SSSR count). The van der Waals surface area contributed by atoms with E-state index in [1.165, 1.54) is 6.07 Å². The van der Waals surface area contributed by atoms with Gasteiger partial charge in [-0.2, -0.15) is 5.10 Å². The maximum Gasteiger partial charge on any atom is 0.272 e. The molecular formula is C17H15N3O2. The molecule has 5 heteroatoms. The van der Waals surface area contributed by atoms with Crippen molar-refractivity contribution in [1.82, 2.24) is 9.78 Å². The summed E-state index contributed by atoms with van der Waals surface area (Å²) >= 11 is 0.